The molecule has 1 N–H and O–H groups in total. The molecule has 106 valence electrons. The Kier molecular flexibility index (Phi) is 5.55. The molecule has 0 aromatic heterocycles. The fourth-order valence-electron chi connectivity index (χ4n) is 1.40. The van der Waals surface area contributed by atoms with Crippen LogP contribution in [0, 0.1) is 5.92 Å². The van der Waals surface area contributed by atoms with Crippen molar-refractivity contribution in [2.75, 3.05) is 12.8 Å². The molecule has 0 spiro atoms. The van der Waals surface area contributed by atoms with E-state index < -0.39 is 9.84 Å². The molecule has 1 amide bonds. The van der Waals surface area contributed by atoms with Crippen LogP contribution in [-0.2, 0) is 9.84 Å². The SMILES string of the molecule is CC(C)C(Br)CNC(=O)c1cccc(S(C)(=O)=O)c1. The highest BCUT2D eigenvalue weighted by Crippen LogP contribution is 2.13. The van der Waals surface area contributed by atoms with Crippen LogP contribution < -0.4 is 5.32 Å². The van der Waals surface area contributed by atoms with Crippen molar-refractivity contribution in [2.45, 2.75) is 23.6 Å². The van der Waals surface area contributed by atoms with Crippen LogP contribution in [0.2, 0.25) is 0 Å². The van der Waals surface area contributed by atoms with Gasteiger partial charge in [-0.1, -0.05) is 35.8 Å². The van der Waals surface area contributed by atoms with Gasteiger partial charge in [-0.25, -0.2) is 8.42 Å². The summed E-state index contributed by atoms with van der Waals surface area (Å²) >= 11 is 3.48. The molecule has 0 aliphatic heterocycles. The summed E-state index contributed by atoms with van der Waals surface area (Å²) in [5.74, 6) is 0.137. The first-order valence-corrected chi connectivity index (χ1v) is 8.75. The van der Waals surface area contributed by atoms with Crippen molar-refractivity contribution >= 4 is 31.7 Å². The summed E-state index contributed by atoms with van der Waals surface area (Å²) in [7, 11) is -3.29. The van der Waals surface area contributed by atoms with E-state index in [9.17, 15) is 13.2 Å². The fourth-order valence-corrected chi connectivity index (χ4v) is 2.22. The number of amides is 1. The van der Waals surface area contributed by atoms with E-state index in [-0.39, 0.29) is 15.6 Å². The molecule has 0 fully saturated rings. The van der Waals surface area contributed by atoms with Crippen molar-refractivity contribution in [2.24, 2.45) is 5.92 Å². The maximum Gasteiger partial charge on any atom is 0.251 e. The zero-order valence-electron chi connectivity index (χ0n) is 11.2. The average molecular weight is 348 g/mol. The molecule has 0 bridgehead atoms. The molecule has 19 heavy (non-hydrogen) atoms. The van der Waals surface area contributed by atoms with Gasteiger partial charge >= 0.3 is 0 Å². The van der Waals surface area contributed by atoms with Crippen molar-refractivity contribution in [3.05, 3.63) is 29.8 Å². The smallest absolute Gasteiger partial charge is 0.251 e. The van der Waals surface area contributed by atoms with Crippen LogP contribution in [0.3, 0.4) is 0 Å². The first-order chi connectivity index (χ1) is 8.71. The normalized spacial score (nSPS) is 13.3. The molecule has 1 unspecified atom stereocenters. The van der Waals surface area contributed by atoms with Crippen molar-refractivity contribution in [3.8, 4) is 0 Å². The Labute approximate surface area is 122 Å². The third kappa shape index (κ3) is 4.95. The van der Waals surface area contributed by atoms with Gasteiger partial charge in [-0.3, -0.25) is 4.79 Å². The molecule has 0 saturated heterocycles. The Bertz CT molecular complexity index is 555. The van der Waals surface area contributed by atoms with Crippen LogP contribution in [0.15, 0.2) is 29.2 Å². The Hall–Kier alpha value is -0.880. The number of alkyl halides is 1. The lowest BCUT2D eigenvalue weighted by atomic mass is 10.1. The predicted molar refractivity (Wildman–Crippen MR) is 79.4 cm³/mol. The Morgan fingerprint density at radius 3 is 2.53 bits per heavy atom. The van der Waals surface area contributed by atoms with Gasteiger partial charge in [-0.2, -0.15) is 0 Å². The number of hydrogen-bond acceptors (Lipinski definition) is 3. The molecule has 1 rings (SSSR count). The maximum atomic E-state index is 11.9. The van der Waals surface area contributed by atoms with E-state index in [2.05, 4.69) is 35.1 Å². The van der Waals surface area contributed by atoms with Gasteiger partial charge in [0.25, 0.3) is 5.91 Å². The molecule has 0 heterocycles. The third-order valence-electron chi connectivity index (χ3n) is 2.71. The lowest BCUT2D eigenvalue weighted by molar-refractivity contribution is 0.0952. The summed E-state index contributed by atoms with van der Waals surface area (Å²) in [6.45, 7) is 4.60. The largest absolute Gasteiger partial charge is 0.351 e. The number of carbonyl (C=O) groups is 1. The zero-order valence-corrected chi connectivity index (χ0v) is 13.6. The molecule has 1 atom stereocenters. The van der Waals surface area contributed by atoms with E-state index in [1.165, 1.54) is 12.1 Å². The van der Waals surface area contributed by atoms with Crippen LogP contribution in [0.4, 0.5) is 0 Å². The molecule has 0 aliphatic rings. The Morgan fingerprint density at radius 1 is 1.37 bits per heavy atom. The third-order valence-corrected chi connectivity index (χ3v) is 5.20. The van der Waals surface area contributed by atoms with Gasteiger partial charge in [0.15, 0.2) is 9.84 Å². The lowest BCUT2D eigenvalue weighted by Crippen LogP contribution is -2.31. The quantitative estimate of drug-likeness (QED) is 0.830. The highest BCUT2D eigenvalue weighted by Gasteiger charge is 2.14. The topological polar surface area (TPSA) is 63.2 Å². The number of halogens is 1. The van der Waals surface area contributed by atoms with Crippen LogP contribution in [0.1, 0.15) is 24.2 Å². The first-order valence-electron chi connectivity index (χ1n) is 5.94. The molecule has 0 aliphatic carbocycles. The monoisotopic (exact) mass is 347 g/mol. The number of nitrogens with one attached hydrogen (secondary N) is 1. The highest BCUT2D eigenvalue weighted by molar-refractivity contribution is 9.09. The maximum absolute atomic E-state index is 11.9. The number of hydrogen-bond donors (Lipinski definition) is 1. The van der Waals surface area contributed by atoms with E-state index in [0.717, 1.165) is 6.26 Å². The van der Waals surface area contributed by atoms with Crippen LogP contribution in [0.5, 0.6) is 0 Å². The van der Waals surface area contributed by atoms with Crippen molar-refractivity contribution in [1.29, 1.82) is 0 Å². The Balaban J connectivity index is 2.78. The molecule has 0 radical (unpaired) electrons. The molecular formula is C13H18BrNO3S. The van der Waals surface area contributed by atoms with E-state index in [1.54, 1.807) is 12.1 Å². The summed E-state index contributed by atoms with van der Waals surface area (Å²) in [5.41, 5.74) is 0.353. The predicted octanol–water partition coefficient (Wildman–Crippen LogP) is 2.24. The van der Waals surface area contributed by atoms with E-state index >= 15 is 0 Å². The number of benzene rings is 1. The van der Waals surface area contributed by atoms with Gasteiger partial charge in [-0.05, 0) is 24.1 Å². The average Bonchev–Trinajstić information content (AvgIpc) is 2.34. The minimum atomic E-state index is -3.29. The second kappa shape index (κ2) is 6.52. The van der Waals surface area contributed by atoms with Gasteiger partial charge < -0.3 is 5.32 Å². The number of rotatable bonds is 5. The van der Waals surface area contributed by atoms with Crippen LogP contribution in [0.25, 0.3) is 0 Å². The van der Waals surface area contributed by atoms with Gasteiger partial charge in [0.2, 0.25) is 0 Å². The van der Waals surface area contributed by atoms with Gasteiger partial charge in [-0.15, -0.1) is 0 Å². The fraction of sp³-hybridized carbons (Fsp3) is 0.462. The summed E-state index contributed by atoms with van der Waals surface area (Å²) in [6, 6.07) is 6.04. The summed E-state index contributed by atoms with van der Waals surface area (Å²) in [6.07, 6.45) is 1.12. The van der Waals surface area contributed by atoms with Crippen molar-refractivity contribution < 1.29 is 13.2 Å². The van der Waals surface area contributed by atoms with Gasteiger partial charge in [0.05, 0.1) is 4.90 Å². The number of carbonyl (C=O) groups excluding carboxylic acids is 1. The number of sulfone groups is 1. The van der Waals surface area contributed by atoms with Crippen LogP contribution >= 0.6 is 15.9 Å². The standard InChI is InChI=1S/C13H18BrNO3S/c1-9(2)12(14)8-15-13(16)10-5-4-6-11(7-10)19(3,17)18/h4-7,9,12H,8H2,1-3H3,(H,15,16). The van der Waals surface area contributed by atoms with Crippen molar-refractivity contribution in [1.82, 2.24) is 5.32 Å². The summed E-state index contributed by atoms with van der Waals surface area (Å²) < 4.78 is 22.8. The van der Waals surface area contributed by atoms with Gasteiger partial charge in [0, 0.05) is 23.2 Å². The van der Waals surface area contributed by atoms with E-state index in [0.29, 0.717) is 18.0 Å². The zero-order chi connectivity index (χ0) is 14.6. The molecule has 1 aromatic rings. The molecule has 1 aromatic carbocycles. The minimum Gasteiger partial charge on any atom is -0.351 e. The van der Waals surface area contributed by atoms with Crippen LogP contribution in [-0.4, -0.2) is 32.0 Å². The van der Waals surface area contributed by atoms with Gasteiger partial charge in [0.1, 0.15) is 0 Å². The molecule has 4 nitrogen and oxygen atoms in total. The van der Waals surface area contributed by atoms with E-state index in [4.69, 9.17) is 0 Å². The first kappa shape index (κ1) is 16.2. The molecular weight excluding hydrogens is 330 g/mol. The minimum absolute atomic E-state index is 0.152. The highest BCUT2D eigenvalue weighted by atomic mass is 79.9. The Morgan fingerprint density at radius 2 is 2.00 bits per heavy atom. The lowest BCUT2D eigenvalue weighted by Gasteiger charge is -2.14. The molecule has 0 saturated carbocycles. The summed E-state index contributed by atoms with van der Waals surface area (Å²) in [5, 5.41) is 2.78. The second-order valence-corrected chi connectivity index (χ2v) is 7.96. The summed E-state index contributed by atoms with van der Waals surface area (Å²) in [4.78, 5) is 12.3. The van der Waals surface area contributed by atoms with Crippen molar-refractivity contribution in [3.63, 3.8) is 0 Å². The van der Waals surface area contributed by atoms with E-state index in [1.807, 2.05) is 0 Å². The second-order valence-electron chi connectivity index (χ2n) is 4.77. The molecule has 6 heteroatoms.